The van der Waals surface area contributed by atoms with Gasteiger partial charge in [0.2, 0.25) is 0 Å². The Labute approximate surface area is 137 Å². The lowest BCUT2D eigenvalue weighted by atomic mass is 9.97. The number of methoxy groups -OCH3 is 1. The Bertz CT molecular complexity index is 560. The SMILES string of the molecule is COc1ccc(COCCN2CCC(c3ncco3)CC2)cc1. The highest BCUT2D eigenvalue weighted by Gasteiger charge is 2.23. The largest absolute Gasteiger partial charge is 0.497 e. The van der Waals surface area contributed by atoms with Crippen molar-refractivity contribution in [3.05, 3.63) is 48.2 Å². The second kappa shape index (κ2) is 8.13. The van der Waals surface area contributed by atoms with Crippen LogP contribution in [0.3, 0.4) is 0 Å². The molecule has 0 atom stereocenters. The molecule has 0 radical (unpaired) electrons. The van der Waals surface area contributed by atoms with Crippen molar-refractivity contribution < 1.29 is 13.9 Å². The maximum absolute atomic E-state index is 5.78. The lowest BCUT2D eigenvalue weighted by molar-refractivity contribution is 0.0826. The molecule has 1 fully saturated rings. The molecule has 1 aliphatic rings. The van der Waals surface area contributed by atoms with E-state index in [4.69, 9.17) is 13.9 Å². The zero-order chi connectivity index (χ0) is 15.9. The van der Waals surface area contributed by atoms with E-state index >= 15 is 0 Å². The number of likely N-dealkylation sites (tertiary alicyclic amines) is 1. The number of hydrogen-bond donors (Lipinski definition) is 0. The minimum atomic E-state index is 0.474. The van der Waals surface area contributed by atoms with Gasteiger partial charge in [-0.3, -0.25) is 0 Å². The third-order valence-corrected chi connectivity index (χ3v) is 4.37. The molecule has 1 aliphatic heterocycles. The fraction of sp³-hybridized carbons (Fsp3) is 0.500. The first-order valence-electron chi connectivity index (χ1n) is 8.17. The molecular formula is C18H24N2O3. The molecule has 2 heterocycles. The lowest BCUT2D eigenvalue weighted by Crippen LogP contribution is -2.35. The zero-order valence-corrected chi connectivity index (χ0v) is 13.6. The summed E-state index contributed by atoms with van der Waals surface area (Å²) < 4.78 is 16.3. The van der Waals surface area contributed by atoms with Crippen molar-refractivity contribution >= 4 is 0 Å². The summed E-state index contributed by atoms with van der Waals surface area (Å²) in [4.78, 5) is 6.72. The fourth-order valence-electron chi connectivity index (χ4n) is 2.95. The third kappa shape index (κ3) is 4.56. The second-order valence-corrected chi connectivity index (χ2v) is 5.89. The number of hydrogen-bond acceptors (Lipinski definition) is 5. The summed E-state index contributed by atoms with van der Waals surface area (Å²) in [6.45, 7) is 4.55. The summed E-state index contributed by atoms with van der Waals surface area (Å²) in [5, 5.41) is 0. The molecule has 0 amide bonds. The minimum Gasteiger partial charge on any atom is -0.497 e. The first-order chi connectivity index (χ1) is 11.3. The highest BCUT2D eigenvalue weighted by molar-refractivity contribution is 5.26. The molecule has 1 aromatic heterocycles. The van der Waals surface area contributed by atoms with Crippen LogP contribution in [-0.4, -0.2) is 43.2 Å². The normalized spacial score (nSPS) is 16.6. The average Bonchev–Trinajstić information content (AvgIpc) is 3.14. The fourth-order valence-corrected chi connectivity index (χ4v) is 2.95. The summed E-state index contributed by atoms with van der Waals surface area (Å²) in [5.74, 6) is 2.24. The molecule has 124 valence electrons. The van der Waals surface area contributed by atoms with Crippen molar-refractivity contribution in [2.45, 2.75) is 25.4 Å². The smallest absolute Gasteiger partial charge is 0.197 e. The number of nitrogens with zero attached hydrogens (tertiary/aromatic N) is 2. The van der Waals surface area contributed by atoms with E-state index in [0.717, 1.165) is 50.7 Å². The molecule has 5 nitrogen and oxygen atoms in total. The van der Waals surface area contributed by atoms with Crippen LogP contribution < -0.4 is 4.74 Å². The molecule has 0 N–H and O–H groups in total. The second-order valence-electron chi connectivity index (χ2n) is 5.89. The van der Waals surface area contributed by atoms with Gasteiger partial charge in [-0.05, 0) is 43.6 Å². The first kappa shape index (κ1) is 16.0. The number of piperidine rings is 1. The molecule has 1 aromatic carbocycles. The van der Waals surface area contributed by atoms with Crippen LogP contribution in [0.2, 0.25) is 0 Å². The maximum Gasteiger partial charge on any atom is 0.197 e. The molecule has 0 bridgehead atoms. The van der Waals surface area contributed by atoms with Crippen LogP contribution in [0.1, 0.15) is 30.2 Å². The average molecular weight is 316 g/mol. The van der Waals surface area contributed by atoms with Crippen LogP contribution >= 0.6 is 0 Å². The number of aromatic nitrogens is 1. The van der Waals surface area contributed by atoms with E-state index in [1.165, 1.54) is 5.56 Å². The van der Waals surface area contributed by atoms with Crippen LogP contribution in [0.15, 0.2) is 41.1 Å². The van der Waals surface area contributed by atoms with Crippen molar-refractivity contribution in [3.63, 3.8) is 0 Å². The van der Waals surface area contributed by atoms with Crippen LogP contribution in [0.25, 0.3) is 0 Å². The summed E-state index contributed by atoms with van der Waals surface area (Å²) in [7, 11) is 1.68. The summed E-state index contributed by atoms with van der Waals surface area (Å²) in [5.41, 5.74) is 1.17. The van der Waals surface area contributed by atoms with Crippen LogP contribution in [0.4, 0.5) is 0 Å². The molecule has 3 rings (SSSR count). The number of oxazole rings is 1. The van der Waals surface area contributed by atoms with Gasteiger partial charge in [0.05, 0.1) is 26.5 Å². The monoisotopic (exact) mass is 316 g/mol. The molecule has 23 heavy (non-hydrogen) atoms. The Morgan fingerprint density at radius 3 is 2.65 bits per heavy atom. The van der Waals surface area contributed by atoms with Crippen molar-refractivity contribution in [2.24, 2.45) is 0 Å². The highest BCUT2D eigenvalue weighted by atomic mass is 16.5. The van der Waals surface area contributed by atoms with Gasteiger partial charge in [-0.15, -0.1) is 0 Å². The van der Waals surface area contributed by atoms with Gasteiger partial charge >= 0.3 is 0 Å². The number of benzene rings is 1. The maximum atomic E-state index is 5.78. The van der Waals surface area contributed by atoms with Gasteiger partial charge in [0.1, 0.15) is 12.0 Å². The van der Waals surface area contributed by atoms with Gasteiger partial charge in [0.15, 0.2) is 5.89 Å². The Hall–Kier alpha value is -1.85. The standard InChI is InChI=1S/C18H24N2O3/c1-21-17-4-2-15(3-5-17)14-22-13-11-20-9-6-16(7-10-20)18-19-8-12-23-18/h2-5,8,12,16H,6-7,9-11,13-14H2,1H3. The van der Waals surface area contributed by atoms with Crippen molar-refractivity contribution in [2.75, 3.05) is 33.4 Å². The van der Waals surface area contributed by atoms with Gasteiger partial charge in [0, 0.05) is 12.5 Å². The molecule has 0 unspecified atom stereocenters. The van der Waals surface area contributed by atoms with Gasteiger partial charge in [-0.25, -0.2) is 4.98 Å². The Morgan fingerprint density at radius 1 is 1.22 bits per heavy atom. The summed E-state index contributed by atoms with van der Waals surface area (Å²) >= 11 is 0. The summed E-state index contributed by atoms with van der Waals surface area (Å²) in [6.07, 6.45) is 5.61. The zero-order valence-electron chi connectivity index (χ0n) is 13.6. The van der Waals surface area contributed by atoms with Gasteiger partial charge in [-0.1, -0.05) is 12.1 Å². The van der Waals surface area contributed by atoms with Crippen LogP contribution in [0.5, 0.6) is 5.75 Å². The van der Waals surface area contributed by atoms with Crippen LogP contribution in [-0.2, 0) is 11.3 Å². The predicted molar refractivity (Wildman–Crippen MR) is 87.6 cm³/mol. The topological polar surface area (TPSA) is 47.7 Å². The highest BCUT2D eigenvalue weighted by Crippen LogP contribution is 2.26. The Morgan fingerprint density at radius 2 is 2.00 bits per heavy atom. The van der Waals surface area contributed by atoms with Gasteiger partial charge in [0.25, 0.3) is 0 Å². The molecular weight excluding hydrogens is 292 g/mol. The summed E-state index contributed by atoms with van der Waals surface area (Å²) in [6, 6.07) is 8.01. The number of rotatable bonds is 7. The van der Waals surface area contributed by atoms with Crippen molar-refractivity contribution in [1.82, 2.24) is 9.88 Å². The lowest BCUT2D eigenvalue weighted by Gasteiger charge is -2.30. The Balaban J connectivity index is 1.32. The van der Waals surface area contributed by atoms with E-state index in [9.17, 15) is 0 Å². The van der Waals surface area contributed by atoms with E-state index in [1.807, 2.05) is 24.3 Å². The number of ether oxygens (including phenoxy) is 2. The molecule has 1 saturated heterocycles. The molecule has 2 aromatic rings. The van der Waals surface area contributed by atoms with Crippen molar-refractivity contribution in [3.8, 4) is 5.75 Å². The molecule has 5 heteroatoms. The molecule has 0 spiro atoms. The minimum absolute atomic E-state index is 0.474. The molecule has 0 aliphatic carbocycles. The van der Waals surface area contributed by atoms with Crippen LogP contribution in [0, 0.1) is 0 Å². The quantitative estimate of drug-likeness (QED) is 0.735. The third-order valence-electron chi connectivity index (χ3n) is 4.37. The molecule has 0 saturated carbocycles. The van der Waals surface area contributed by atoms with E-state index < -0.39 is 0 Å². The van der Waals surface area contributed by atoms with E-state index in [2.05, 4.69) is 9.88 Å². The first-order valence-corrected chi connectivity index (χ1v) is 8.17. The van der Waals surface area contributed by atoms with E-state index in [-0.39, 0.29) is 0 Å². The Kier molecular flexibility index (Phi) is 5.66. The predicted octanol–water partition coefficient (Wildman–Crippen LogP) is 3.08. The van der Waals surface area contributed by atoms with Crippen molar-refractivity contribution in [1.29, 1.82) is 0 Å². The van der Waals surface area contributed by atoms with E-state index in [1.54, 1.807) is 19.6 Å². The van der Waals surface area contributed by atoms with Gasteiger partial charge in [-0.2, -0.15) is 0 Å². The van der Waals surface area contributed by atoms with Gasteiger partial charge < -0.3 is 18.8 Å². The van der Waals surface area contributed by atoms with E-state index in [0.29, 0.717) is 12.5 Å².